The molecule has 5 nitrogen and oxygen atoms in total. The molecule has 0 aliphatic heterocycles. The summed E-state index contributed by atoms with van der Waals surface area (Å²) in [6.45, 7) is 0.591. The van der Waals surface area contributed by atoms with Crippen molar-refractivity contribution in [3.05, 3.63) is 52.3 Å². The molecule has 0 unspecified atom stereocenters. The summed E-state index contributed by atoms with van der Waals surface area (Å²) >= 11 is 0. The summed E-state index contributed by atoms with van der Waals surface area (Å²) in [4.78, 5) is 17.6. The van der Waals surface area contributed by atoms with Crippen LogP contribution in [0.25, 0.3) is 0 Å². The van der Waals surface area contributed by atoms with Gasteiger partial charge in [0.05, 0.1) is 0 Å². The predicted molar refractivity (Wildman–Crippen MR) is 63.0 cm³/mol. The summed E-state index contributed by atoms with van der Waals surface area (Å²) < 4.78 is 0. The number of hydrogen-bond acceptors (Lipinski definition) is 4. The van der Waals surface area contributed by atoms with Crippen molar-refractivity contribution in [2.75, 3.05) is 11.1 Å². The highest BCUT2D eigenvalue weighted by atomic mass is 16.1. The van der Waals surface area contributed by atoms with Crippen molar-refractivity contribution < 1.29 is 0 Å². The zero-order valence-electron chi connectivity index (χ0n) is 8.60. The lowest BCUT2D eigenvalue weighted by Gasteiger charge is -2.05. The Hall–Kier alpha value is -2.30. The molecule has 4 N–H and O–H groups in total. The van der Waals surface area contributed by atoms with Crippen molar-refractivity contribution in [3.63, 3.8) is 0 Å². The highest BCUT2D eigenvalue weighted by Gasteiger charge is 1.97. The lowest BCUT2D eigenvalue weighted by atomic mass is 10.2. The van der Waals surface area contributed by atoms with E-state index in [-0.39, 0.29) is 11.4 Å². The minimum Gasteiger partial charge on any atom is -0.383 e. The Morgan fingerprint density at radius 1 is 1.31 bits per heavy atom. The van der Waals surface area contributed by atoms with Crippen molar-refractivity contribution >= 4 is 11.8 Å². The number of anilines is 2. The van der Waals surface area contributed by atoms with Crippen LogP contribution in [-0.4, -0.2) is 9.97 Å². The Balaban J connectivity index is 2.08. The number of nitrogens with two attached hydrogens (primary N) is 1. The molecule has 0 amide bonds. The minimum absolute atomic E-state index is 0.208. The van der Waals surface area contributed by atoms with E-state index in [2.05, 4.69) is 15.3 Å². The van der Waals surface area contributed by atoms with Gasteiger partial charge in [0, 0.05) is 12.6 Å². The van der Waals surface area contributed by atoms with Crippen LogP contribution in [0.5, 0.6) is 0 Å². The lowest BCUT2D eigenvalue weighted by Crippen LogP contribution is -2.13. The third-order valence-electron chi connectivity index (χ3n) is 2.06. The number of nitrogens with zero attached hydrogens (tertiary/aromatic N) is 1. The zero-order valence-corrected chi connectivity index (χ0v) is 8.60. The van der Waals surface area contributed by atoms with Gasteiger partial charge in [-0.25, -0.2) is 0 Å². The third-order valence-corrected chi connectivity index (χ3v) is 2.06. The fraction of sp³-hybridized carbons (Fsp3) is 0.0909. The molecule has 0 spiro atoms. The van der Waals surface area contributed by atoms with Crippen LogP contribution in [0.4, 0.5) is 11.8 Å². The number of nitrogens with one attached hydrogen (secondary N) is 2. The molecule has 0 saturated carbocycles. The van der Waals surface area contributed by atoms with E-state index in [4.69, 9.17) is 5.73 Å². The van der Waals surface area contributed by atoms with Gasteiger partial charge in [-0.05, 0) is 5.56 Å². The Labute approximate surface area is 92.3 Å². The van der Waals surface area contributed by atoms with Gasteiger partial charge >= 0.3 is 0 Å². The van der Waals surface area contributed by atoms with Crippen molar-refractivity contribution in [1.82, 2.24) is 9.97 Å². The zero-order chi connectivity index (χ0) is 11.4. The van der Waals surface area contributed by atoms with E-state index in [1.807, 2.05) is 30.3 Å². The summed E-state index contributed by atoms with van der Waals surface area (Å²) in [6, 6.07) is 11.1. The maximum atomic E-state index is 11.1. The normalized spacial score (nSPS) is 10.0. The first-order valence-corrected chi connectivity index (χ1v) is 4.89. The molecular weight excluding hydrogens is 204 g/mol. The van der Waals surface area contributed by atoms with Crippen LogP contribution in [0.2, 0.25) is 0 Å². The molecule has 0 aliphatic rings. The number of nitrogen functional groups attached to an aromatic ring is 1. The largest absolute Gasteiger partial charge is 0.383 e. The second-order valence-electron chi connectivity index (χ2n) is 3.36. The second kappa shape index (κ2) is 4.48. The van der Waals surface area contributed by atoms with Crippen LogP contribution < -0.4 is 16.6 Å². The number of aromatic nitrogens is 2. The van der Waals surface area contributed by atoms with E-state index in [0.717, 1.165) is 5.56 Å². The first kappa shape index (κ1) is 10.2. The van der Waals surface area contributed by atoms with Crippen LogP contribution in [0.15, 0.2) is 41.2 Å². The average molecular weight is 216 g/mol. The monoisotopic (exact) mass is 216 g/mol. The molecular formula is C11H12N4O. The van der Waals surface area contributed by atoms with Gasteiger partial charge in [0.2, 0.25) is 5.95 Å². The van der Waals surface area contributed by atoms with Crippen molar-refractivity contribution in [3.8, 4) is 0 Å². The summed E-state index contributed by atoms with van der Waals surface area (Å²) in [5.74, 6) is 0.591. The van der Waals surface area contributed by atoms with Crippen molar-refractivity contribution in [2.45, 2.75) is 6.54 Å². The molecule has 2 aromatic rings. The second-order valence-corrected chi connectivity index (χ2v) is 3.36. The Bertz CT molecular complexity index is 521. The quantitative estimate of drug-likeness (QED) is 0.713. The molecule has 0 bridgehead atoms. The van der Waals surface area contributed by atoms with Gasteiger partial charge in [0.1, 0.15) is 5.82 Å². The van der Waals surface area contributed by atoms with Crippen LogP contribution >= 0.6 is 0 Å². The van der Waals surface area contributed by atoms with Gasteiger partial charge in [0.15, 0.2) is 0 Å². The first-order valence-electron chi connectivity index (χ1n) is 4.89. The molecule has 1 heterocycles. The summed E-state index contributed by atoms with van der Waals surface area (Å²) in [5.41, 5.74) is 6.30. The van der Waals surface area contributed by atoms with Gasteiger partial charge in [-0.15, -0.1) is 0 Å². The Morgan fingerprint density at radius 3 is 2.75 bits per heavy atom. The maximum absolute atomic E-state index is 11.1. The van der Waals surface area contributed by atoms with Crippen LogP contribution in [0.1, 0.15) is 5.56 Å². The molecule has 16 heavy (non-hydrogen) atoms. The molecule has 0 fully saturated rings. The molecule has 0 saturated heterocycles. The molecule has 1 aromatic heterocycles. The molecule has 1 aromatic carbocycles. The van der Waals surface area contributed by atoms with Gasteiger partial charge < -0.3 is 11.1 Å². The number of H-pyrrole nitrogens is 1. The first-order chi connectivity index (χ1) is 7.74. The lowest BCUT2D eigenvalue weighted by molar-refractivity contribution is 1.04. The number of hydrogen-bond donors (Lipinski definition) is 3. The fourth-order valence-corrected chi connectivity index (χ4v) is 1.34. The van der Waals surface area contributed by atoms with E-state index < -0.39 is 0 Å². The van der Waals surface area contributed by atoms with E-state index in [0.29, 0.717) is 12.5 Å². The molecule has 5 heteroatoms. The van der Waals surface area contributed by atoms with Crippen molar-refractivity contribution in [2.24, 2.45) is 0 Å². The standard InChI is InChI=1S/C11H12N4O/c12-9-6-10(16)15-11(14-9)13-7-8-4-2-1-3-5-8/h1-6H,7H2,(H4,12,13,14,15,16). The SMILES string of the molecule is Nc1cc(=O)[nH]c(NCc2ccccc2)n1. The molecule has 82 valence electrons. The minimum atomic E-state index is -0.261. The summed E-state index contributed by atoms with van der Waals surface area (Å²) in [6.07, 6.45) is 0. The summed E-state index contributed by atoms with van der Waals surface area (Å²) in [7, 11) is 0. The Kier molecular flexibility index (Phi) is 2.86. The van der Waals surface area contributed by atoms with E-state index in [1.54, 1.807) is 0 Å². The number of rotatable bonds is 3. The maximum Gasteiger partial charge on any atom is 0.254 e. The smallest absolute Gasteiger partial charge is 0.254 e. The van der Waals surface area contributed by atoms with E-state index in [1.165, 1.54) is 6.07 Å². The fourth-order valence-electron chi connectivity index (χ4n) is 1.34. The topological polar surface area (TPSA) is 83.8 Å². The van der Waals surface area contributed by atoms with E-state index in [9.17, 15) is 4.79 Å². The average Bonchev–Trinajstić information content (AvgIpc) is 2.27. The molecule has 0 atom stereocenters. The highest BCUT2D eigenvalue weighted by molar-refractivity contribution is 5.35. The predicted octanol–water partition coefficient (Wildman–Crippen LogP) is 0.964. The van der Waals surface area contributed by atoms with Crippen LogP contribution in [-0.2, 0) is 6.54 Å². The molecule has 0 radical (unpaired) electrons. The molecule has 2 rings (SSSR count). The number of aromatic amines is 1. The highest BCUT2D eigenvalue weighted by Crippen LogP contribution is 2.03. The van der Waals surface area contributed by atoms with Crippen LogP contribution in [0, 0.1) is 0 Å². The van der Waals surface area contributed by atoms with Gasteiger partial charge in [-0.3, -0.25) is 9.78 Å². The van der Waals surface area contributed by atoms with Crippen LogP contribution in [0.3, 0.4) is 0 Å². The number of benzene rings is 1. The van der Waals surface area contributed by atoms with Crippen molar-refractivity contribution in [1.29, 1.82) is 0 Å². The third kappa shape index (κ3) is 2.60. The molecule has 0 aliphatic carbocycles. The Morgan fingerprint density at radius 2 is 2.06 bits per heavy atom. The van der Waals surface area contributed by atoms with Gasteiger partial charge in [0.25, 0.3) is 5.56 Å². The summed E-state index contributed by atoms with van der Waals surface area (Å²) in [5, 5.41) is 3.00. The van der Waals surface area contributed by atoms with Gasteiger partial charge in [-0.2, -0.15) is 4.98 Å². The van der Waals surface area contributed by atoms with Gasteiger partial charge in [-0.1, -0.05) is 30.3 Å². The van der Waals surface area contributed by atoms with E-state index >= 15 is 0 Å².